The zero-order chi connectivity index (χ0) is 17.5. The van der Waals surface area contributed by atoms with Crippen molar-refractivity contribution in [1.82, 2.24) is 15.0 Å². The maximum Gasteiger partial charge on any atom is 0.326 e. The summed E-state index contributed by atoms with van der Waals surface area (Å²) in [6, 6.07) is 3.07. The van der Waals surface area contributed by atoms with Crippen LogP contribution in [0.15, 0.2) is 34.4 Å². The number of hydrogen-bond donors (Lipinski definition) is 1. The van der Waals surface area contributed by atoms with Crippen molar-refractivity contribution in [1.29, 1.82) is 0 Å². The van der Waals surface area contributed by atoms with E-state index in [1.807, 2.05) is 0 Å². The number of aromatic nitrogens is 2. The summed E-state index contributed by atoms with van der Waals surface area (Å²) in [6.07, 6.45) is 4.21. The van der Waals surface area contributed by atoms with Gasteiger partial charge in [-0.1, -0.05) is 22.9 Å². The number of thiazole rings is 1. The molecule has 0 aliphatic carbocycles. The number of halogens is 1. The second kappa shape index (κ2) is 8.37. The summed E-state index contributed by atoms with van der Waals surface area (Å²) < 4.78 is 5.86. The molecular weight excluding hydrogens is 356 g/mol. The standard InChI is InChI=1S/C14H13ClN4O4S/c1-2-23-11(20)8-19-12(15)10(24-14(19)22)7-17-18-13(21)9-3-5-16-6-4-9/h3-7H,2,8H2,1H3,(H,18,21)/b17-7+. The highest BCUT2D eigenvalue weighted by Crippen LogP contribution is 2.16. The zero-order valence-corrected chi connectivity index (χ0v) is 14.1. The molecule has 0 saturated carbocycles. The molecule has 0 spiro atoms. The highest BCUT2D eigenvalue weighted by atomic mass is 35.5. The highest BCUT2D eigenvalue weighted by Gasteiger charge is 2.15. The molecular formula is C14H13ClN4O4S. The van der Waals surface area contributed by atoms with Gasteiger partial charge in [0.05, 0.1) is 17.7 Å². The van der Waals surface area contributed by atoms with Crippen LogP contribution >= 0.6 is 22.9 Å². The van der Waals surface area contributed by atoms with E-state index in [4.69, 9.17) is 16.3 Å². The SMILES string of the molecule is CCOC(=O)Cn1c(Cl)c(/C=N/NC(=O)c2ccncc2)sc1=O. The predicted molar refractivity (Wildman–Crippen MR) is 89.5 cm³/mol. The number of amides is 1. The molecule has 126 valence electrons. The number of carbonyl (C=O) groups excluding carboxylic acids is 2. The summed E-state index contributed by atoms with van der Waals surface area (Å²) >= 11 is 6.87. The molecule has 0 fully saturated rings. The number of rotatable bonds is 6. The molecule has 2 aromatic heterocycles. The number of nitrogens with zero attached hydrogens (tertiary/aromatic N) is 3. The second-order valence-electron chi connectivity index (χ2n) is 4.35. The smallest absolute Gasteiger partial charge is 0.326 e. The highest BCUT2D eigenvalue weighted by molar-refractivity contribution is 7.11. The fourth-order valence-electron chi connectivity index (χ4n) is 1.67. The fourth-order valence-corrected chi connectivity index (χ4v) is 2.78. The third-order valence-corrected chi connectivity index (χ3v) is 4.17. The summed E-state index contributed by atoms with van der Waals surface area (Å²) in [5.74, 6) is -0.989. The number of pyridine rings is 1. The van der Waals surface area contributed by atoms with Gasteiger partial charge in [0.15, 0.2) is 0 Å². The lowest BCUT2D eigenvalue weighted by atomic mass is 10.3. The van der Waals surface area contributed by atoms with Crippen molar-refractivity contribution in [3.8, 4) is 0 Å². The van der Waals surface area contributed by atoms with E-state index in [1.165, 1.54) is 30.7 Å². The summed E-state index contributed by atoms with van der Waals surface area (Å²) in [5.41, 5.74) is 2.70. The average Bonchev–Trinajstić information content (AvgIpc) is 2.83. The lowest BCUT2D eigenvalue weighted by molar-refractivity contribution is -0.143. The number of nitrogens with one attached hydrogen (secondary N) is 1. The molecule has 0 atom stereocenters. The van der Waals surface area contributed by atoms with E-state index >= 15 is 0 Å². The average molecular weight is 369 g/mol. The number of carbonyl (C=O) groups is 2. The van der Waals surface area contributed by atoms with Crippen molar-refractivity contribution in [2.45, 2.75) is 13.5 Å². The van der Waals surface area contributed by atoms with Crippen LogP contribution in [0, 0.1) is 0 Å². The van der Waals surface area contributed by atoms with E-state index in [0.717, 1.165) is 15.9 Å². The van der Waals surface area contributed by atoms with Crippen molar-refractivity contribution in [2.75, 3.05) is 6.61 Å². The molecule has 1 amide bonds. The lowest BCUT2D eigenvalue weighted by Crippen LogP contribution is -2.21. The first-order chi connectivity index (χ1) is 11.5. The zero-order valence-electron chi connectivity index (χ0n) is 12.6. The largest absolute Gasteiger partial charge is 0.465 e. The monoisotopic (exact) mass is 368 g/mol. The second-order valence-corrected chi connectivity index (χ2v) is 5.70. The summed E-state index contributed by atoms with van der Waals surface area (Å²) in [5, 5.41) is 3.82. The van der Waals surface area contributed by atoms with E-state index in [2.05, 4.69) is 15.5 Å². The molecule has 8 nitrogen and oxygen atoms in total. The molecule has 1 N–H and O–H groups in total. The number of hydrazone groups is 1. The predicted octanol–water partition coefficient (Wildman–Crippen LogP) is 1.29. The van der Waals surface area contributed by atoms with Crippen LogP contribution in [-0.2, 0) is 16.1 Å². The Morgan fingerprint density at radius 1 is 1.46 bits per heavy atom. The molecule has 0 aliphatic rings. The van der Waals surface area contributed by atoms with E-state index in [9.17, 15) is 14.4 Å². The Bertz CT molecular complexity index is 816. The minimum absolute atomic E-state index is 0.0555. The molecule has 2 rings (SSSR count). The Kier molecular flexibility index (Phi) is 6.21. The van der Waals surface area contributed by atoms with Gasteiger partial charge >= 0.3 is 10.8 Å². The van der Waals surface area contributed by atoms with Gasteiger partial charge in [-0.05, 0) is 19.1 Å². The van der Waals surface area contributed by atoms with Crippen molar-refractivity contribution >= 4 is 41.0 Å². The van der Waals surface area contributed by atoms with Gasteiger partial charge < -0.3 is 4.74 Å². The van der Waals surface area contributed by atoms with Crippen molar-refractivity contribution < 1.29 is 14.3 Å². The van der Waals surface area contributed by atoms with Crippen LogP contribution in [0.4, 0.5) is 0 Å². The summed E-state index contributed by atoms with van der Waals surface area (Å²) in [4.78, 5) is 38.8. The minimum Gasteiger partial charge on any atom is -0.465 e. The number of ether oxygens (including phenoxy) is 1. The normalized spacial score (nSPS) is 10.8. The van der Waals surface area contributed by atoms with Crippen LogP contribution in [0.2, 0.25) is 5.15 Å². The van der Waals surface area contributed by atoms with Gasteiger partial charge in [-0.15, -0.1) is 0 Å². The van der Waals surface area contributed by atoms with Crippen LogP contribution in [0.5, 0.6) is 0 Å². The Morgan fingerprint density at radius 2 is 2.17 bits per heavy atom. The first-order valence-electron chi connectivity index (χ1n) is 6.81. The topological polar surface area (TPSA) is 103 Å². The molecule has 10 heteroatoms. The molecule has 0 radical (unpaired) electrons. The lowest BCUT2D eigenvalue weighted by Gasteiger charge is -2.03. The minimum atomic E-state index is -0.561. The molecule has 2 aromatic rings. The molecule has 0 unspecified atom stereocenters. The first-order valence-corrected chi connectivity index (χ1v) is 8.00. The molecule has 2 heterocycles. The van der Waals surface area contributed by atoms with Gasteiger partial charge in [0, 0.05) is 18.0 Å². The number of esters is 1. The first kappa shape index (κ1) is 17.8. The van der Waals surface area contributed by atoms with Crippen molar-refractivity contribution in [2.24, 2.45) is 5.10 Å². The van der Waals surface area contributed by atoms with Crippen LogP contribution in [0.3, 0.4) is 0 Å². The van der Waals surface area contributed by atoms with Crippen molar-refractivity contribution in [3.05, 3.63) is 49.8 Å². The van der Waals surface area contributed by atoms with E-state index < -0.39 is 16.7 Å². The van der Waals surface area contributed by atoms with Crippen LogP contribution in [-0.4, -0.2) is 34.2 Å². The Hall–Kier alpha value is -2.52. The van der Waals surface area contributed by atoms with Gasteiger partial charge in [0.2, 0.25) is 0 Å². The van der Waals surface area contributed by atoms with Gasteiger partial charge in [-0.3, -0.25) is 23.9 Å². The number of hydrogen-bond acceptors (Lipinski definition) is 7. The maximum absolute atomic E-state index is 11.9. The maximum atomic E-state index is 11.9. The molecule has 0 saturated heterocycles. The molecule has 0 aromatic carbocycles. The van der Waals surface area contributed by atoms with Crippen LogP contribution in [0.1, 0.15) is 22.2 Å². The molecule has 0 bridgehead atoms. The summed E-state index contributed by atoms with van der Waals surface area (Å²) in [6.45, 7) is 1.60. The van der Waals surface area contributed by atoms with E-state index in [-0.39, 0.29) is 18.3 Å². The van der Waals surface area contributed by atoms with Gasteiger partial charge in [-0.2, -0.15) is 5.10 Å². The van der Waals surface area contributed by atoms with Gasteiger partial charge in [0.1, 0.15) is 11.7 Å². The molecule has 0 aliphatic heterocycles. The van der Waals surface area contributed by atoms with Gasteiger partial charge in [0.25, 0.3) is 5.91 Å². The van der Waals surface area contributed by atoms with E-state index in [1.54, 1.807) is 6.92 Å². The quantitative estimate of drug-likeness (QED) is 0.470. The molecule has 24 heavy (non-hydrogen) atoms. The Balaban J connectivity index is 2.06. The van der Waals surface area contributed by atoms with Gasteiger partial charge in [-0.25, -0.2) is 5.43 Å². The third kappa shape index (κ3) is 4.49. The van der Waals surface area contributed by atoms with E-state index in [0.29, 0.717) is 10.4 Å². The summed E-state index contributed by atoms with van der Waals surface area (Å²) in [7, 11) is 0. The Morgan fingerprint density at radius 3 is 2.83 bits per heavy atom. The third-order valence-electron chi connectivity index (χ3n) is 2.74. The van der Waals surface area contributed by atoms with Crippen LogP contribution in [0.25, 0.3) is 0 Å². The van der Waals surface area contributed by atoms with Crippen LogP contribution < -0.4 is 10.3 Å². The fraction of sp³-hybridized carbons (Fsp3) is 0.214. The van der Waals surface area contributed by atoms with Crippen molar-refractivity contribution in [3.63, 3.8) is 0 Å². The Labute approximate surface area is 145 Å².